The Balaban J connectivity index is 2.67. The lowest BCUT2D eigenvalue weighted by atomic mass is 10.2. The van der Waals surface area contributed by atoms with Crippen LogP contribution in [-0.2, 0) is 16.8 Å². The molecular formula is C11H18N2O3S. The molecule has 1 aromatic rings. The van der Waals surface area contributed by atoms with Crippen LogP contribution in [-0.4, -0.2) is 37.5 Å². The van der Waals surface area contributed by atoms with Gasteiger partial charge in [0, 0.05) is 19.6 Å². The molecule has 0 aromatic heterocycles. The molecule has 96 valence electrons. The summed E-state index contributed by atoms with van der Waals surface area (Å²) in [5.74, 6) is 0. The third kappa shape index (κ3) is 4.43. The number of nitrogens with zero attached hydrogens (tertiary/aromatic N) is 1. The zero-order chi connectivity index (χ0) is 12.9. The third-order valence-electron chi connectivity index (χ3n) is 2.28. The van der Waals surface area contributed by atoms with E-state index in [4.69, 9.17) is 5.11 Å². The van der Waals surface area contributed by atoms with Crippen LogP contribution in [0.25, 0.3) is 0 Å². The number of hydrogen-bond acceptors (Lipinski definition) is 3. The Morgan fingerprint density at radius 2 is 1.94 bits per heavy atom. The quantitative estimate of drug-likeness (QED) is 0.772. The van der Waals surface area contributed by atoms with Crippen LogP contribution >= 0.6 is 0 Å². The predicted molar refractivity (Wildman–Crippen MR) is 66.5 cm³/mol. The van der Waals surface area contributed by atoms with E-state index in [-0.39, 0.29) is 6.61 Å². The van der Waals surface area contributed by atoms with Gasteiger partial charge in [-0.25, -0.2) is 0 Å². The van der Waals surface area contributed by atoms with Crippen molar-refractivity contribution in [3.8, 4) is 0 Å². The van der Waals surface area contributed by atoms with Crippen LogP contribution < -0.4 is 4.72 Å². The smallest absolute Gasteiger partial charge is 0.279 e. The molecule has 17 heavy (non-hydrogen) atoms. The summed E-state index contributed by atoms with van der Waals surface area (Å²) in [5, 5.41) is 8.82. The molecule has 0 aliphatic carbocycles. The number of rotatable bonds is 6. The second-order valence-corrected chi connectivity index (χ2v) is 5.76. The van der Waals surface area contributed by atoms with Gasteiger partial charge in [-0.15, -0.1) is 0 Å². The van der Waals surface area contributed by atoms with Crippen molar-refractivity contribution in [2.24, 2.45) is 0 Å². The van der Waals surface area contributed by atoms with E-state index in [1.54, 1.807) is 6.92 Å². The number of aliphatic hydroxyl groups excluding tert-OH is 1. The summed E-state index contributed by atoms with van der Waals surface area (Å²) in [6, 6.07) is 8.84. The van der Waals surface area contributed by atoms with Gasteiger partial charge in [0.25, 0.3) is 10.2 Å². The van der Waals surface area contributed by atoms with E-state index in [2.05, 4.69) is 4.72 Å². The lowest BCUT2D eigenvalue weighted by Gasteiger charge is -2.20. The molecule has 0 heterocycles. The normalized spacial score (nSPS) is 13.9. The Labute approximate surface area is 102 Å². The van der Waals surface area contributed by atoms with Gasteiger partial charge in [-0.05, 0) is 12.5 Å². The Bertz CT molecular complexity index is 433. The molecule has 0 fully saturated rings. The van der Waals surface area contributed by atoms with Crippen molar-refractivity contribution < 1.29 is 13.5 Å². The molecule has 6 heteroatoms. The van der Waals surface area contributed by atoms with Crippen molar-refractivity contribution in [3.05, 3.63) is 35.9 Å². The van der Waals surface area contributed by atoms with Crippen molar-refractivity contribution in [2.45, 2.75) is 19.5 Å². The van der Waals surface area contributed by atoms with Crippen LogP contribution in [0, 0.1) is 0 Å². The maximum absolute atomic E-state index is 11.8. The second-order valence-electron chi connectivity index (χ2n) is 3.95. The standard InChI is InChI=1S/C11H18N2O3S/c1-10(9-14)12-17(15,16)13(2)8-11-6-4-3-5-7-11/h3-7,10,12,14H,8-9H2,1-2H3/t10-/m1/s1. The molecule has 0 aliphatic rings. The lowest BCUT2D eigenvalue weighted by Crippen LogP contribution is -2.43. The Morgan fingerprint density at radius 1 is 1.35 bits per heavy atom. The summed E-state index contributed by atoms with van der Waals surface area (Å²) in [7, 11) is -2.05. The van der Waals surface area contributed by atoms with Gasteiger partial charge in [-0.3, -0.25) is 0 Å². The van der Waals surface area contributed by atoms with E-state index in [0.29, 0.717) is 6.54 Å². The maximum Gasteiger partial charge on any atom is 0.279 e. The van der Waals surface area contributed by atoms with Crippen LogP contribution in [0.5, 0.6) is 0 Å². The summed E-state index contributed by atoms with van der Waals surface area (Å²) in [4.78, 5) is 0. The molecule has 0 unspecified atom stereocenters. The van der Waals surface area contributed by atoms with Crippen LogP contribution in [0.2, 0.25) is 0 Å². The van der Waals surface area contributed by atoms with Crippen molar-refractivity contribution in [3.63, 3.8) is 0 Å². The summed E-state index contributed by atoms with van der Waals surface area (Å²) in [6.07, 6.45) is 0. The molecule has 5 nitrogen and oxygen atoms in total. The van der Waals surface area contributed by atoms with Gasteiger partial charge < -0.3 is 5.11 Å². The van der Waals surface area contributed by atoms with Crippen LogP contribution in [0.15, 0.2) is 30.3 Å². The van der Waals surface area contributed by atoms with Crippen molar-refractivity contribution in [1.29, 1.82) is 0 Å². The van der Waals surface area contributed by atoms with Crippen LogP contribution in [0.1, 0.15) is 12.5 Å². The first kappa shape index (κ1) is 14.1. The highest BCUT2D eigenvalue weighted by atomic mass is 32.2. The van der Waals surface area contributed by atoms with Gasteiger partial charge in [-0.2, -0.15) is 17.4 Å². The molecule has 1 aromatic carbocycles. The first-order valence-electron chi connectivity index (χ1n) is 5.34. The monoisotopic (exact) mass is 258 g/mol. The Hall–Kier alpha value is -0.950. The first-order valence-corrected chi connectivity index (χ1v) is 6.78. The molecule has 1 atom stereocenters. The molecule has 0 bridgehead atoms. The van der Waals surface area contributed by atoms with Gasteiger partial charge in [-0.1, -0.05) is 30.3 Å². The Morgan fingerprint density at radius 3 is 2.47 bits per heavy atom. The highest BCUT2D eigenvalue weighted by Crippen LogP contribution is 2.06. The van der Waals surface area contributed by atoms with Gasteiger partial charge in [0.05, 0.1) is 6.61 Å². The van der Waals surface area contributed by atoms with Gasteiger partial charge >= 0.3 is 0 Å². The molecule has 0 saturated heterocycles. The topological polar surface area (TPSA) is 69.6 Å². The molecule has 0 saturated carbocycles. The maximum atomic E-state index is 11.8. The predicted octanol–water partition coefficient (Wildman–Crippen LogP) is 0.334. The summed E-state index contributed by atoms with van der Waals surface area (Å²) < 4.78 is 27.2. The molecule has 0 radical (unpaired) electrons. The summed E-state index contributed by atoms with van der Waals surface area (Å²) in [6.45, 7) is 1.68. The molecule has 1 rings (SSSR count). The lowest BCUT2D eigenvalue weighted by molar-refractivity contribution is 0.263. The molecule has 0 amide bonds. The molecule has 0 spiro atoms. The number of hydrogen-bond donors (Lipinski definition) is 2. The average Bonchev–Trinajstić information content (AvgIpc) is 2.29. The van der Waals surface area contributed by atoms with E-state index < -0.39 is 16.3 Å². The first-order chi connectivity index (χ1) is 7.95. The minimum Gasteiger partial charge on any atom is -0.395 e. The van der Waals surface area contributed by atoms with E-state index in [1.807, 2.05) is 30.3 Å². The fourth-order valence-electron chi connectivity index (χ4n) is 1.31. The zero-order valence-electron chi connectivity index (χ0n) is 10.00. The second kappa shape index (κ2) is 6.11. The van der Waals surface area contributed by atoms with E-state index >= 15 is 0 Å². The van der Waals surface area contributed by atoms with E-state index in [0.717, 1.165) is 5.56 Å². The fraction of sp³-hybridized carbons (Fsp3) is 0.455. The van der Waals surface area contributed by atoms with Crippen LogP contribution in [0.3, 0.4) is 0 Å². The summed E-state index contributed by atoms with van der Waals surface area (Å²) in [5.41, 5.74) is 0.914. The van der Waals surface area contributed by atoms with E-state index in [1.165, 1.54) is 11.4 Å². The number of benzene rings is 1. The molecule has 0 aliphatic heterocycles. The number of aliphatic hydroxyl groups is 1. The largest absolute Gasteiger partial charge is 0.395 e. The van der Waals surface area contributed by atoms with Crippen molar-refractivity contribution in [1.82, 2.24) is 9.03 Å². The van der Waals surface area contributed by atoms with Gasteiger partial charge in [0.2, 0.25) is 0 Å². The molecule has 2 N–H and O–H groups in total. The minimum absolute atomic E-state index is 0.224. The SMILES string of the molecule is C[C@H](CO)NS(=O)(=O)N(C)Cc1ccccc1. The Kier molecular flexibility index (Phi) is 5.07. The van der Waals surface area contributed by atoms with Crippen molar-refractivity contribution >= 4 is 10.2 Å². The highest BCUT2D eigenvalue weighted by molar-refractivity contribution is 7.87. The average molecular weight is 258 g/mol. The fourth-order valence-corrected chi connectivity index (χ4v) is 2.39. The van der Waals surface area contributed by atoms with E-state index in [9.17, 15) is 8.42 Å². The van der Waals surface area contributed by atoms with Crippen molar-refractivity contribution in [2.75, 3.05) is 13.7 Å². The number of nitrogens with one attached hydrogen (secondary N) is 1. The third-order valence-corrected chi connectivity index (χ3v) is 3.93. The zero-order valence-corrected chi connectivity index (χ0v) is 10.8. The van der Waals surface area contributed by atoms with Gasteiger partial charge in [0.1, 0.15) is 0 Å². The van der Waals surface area contributed by atoms with Crippen LogP contribution in [0.4, 0.5) is 0 Å². The molecular weight excluding hydrogens is 240 g/mol. The highest BCUT2D eigenvalue weighted by Gasteiger charge is 2.19. The minimum atomic E-state index is -3.55. The van der Waals surface area contributed by atoms with Gasteiger partial charge in [0.15, 0.2) is 0 Å². The summed E-state index contributed by atoms with van der Waals surface area (Å²) >= 11 is 0.